The Morgan fingerprint density at radius 2 is 2.17 bits per heavy atom. The minimum atomic E-state index is -3.32. The van der Waals surface area contributed by atoms with Gasteiger partial charge in [-0.2, -0.15) is 0 Å². The van der Waals surface area contributed by atoms with E-state index in [2.05, 4.69) is 9.97 Å². The zero-order valence-electron chi connectivity index (χ0n) is 6.14. The van der Waals surface area contributed by atoms with Crippen LogP contribution < -0.4 is 0 Å². The summed E-state index contributed by atoms with van der Waals surface area (Å²) in [4.78, 5) is 7.31. The van der Waals surface area contributed by atoms with Gasteiger partial charge in [-0.25, -0.2) is 13.4 Å². The van der Waals surface area contributed by atoms with E-state index in [1.165, 1.54) is 18.6 Å². The highest BCUT2D eigenvalue weighted by molar-refractivity contribution is 7.91. The zero-order valence-corrected chi connectivity index (χ0v) is 7.72. The van der Waals surface area contributed by atoms with Crippen LogP contribution >= 0.6 is 11.6 Å². The molecule has 1 rings (SSSR count). The second-order valence-electron chi connectivity index (χ2n) is 2.05. The number of hydrogen-bond donors (Lipinski definition) is 0. The maximum absolute atomic E-state index is 11.2. The first kappa shape index (κ1) is 9.41. The van der Waals surface area contributed by atoms with Gasteiger partial charge in [-0.3, -0.25) is 4.98 Å². The van der Waals surface area contributed by atoms with E-state index in [0.29, 0.717) is 0 Å². The van der Waals surface area contributed by atoms with Crippen molar-refractivity contribution in [3.05, 3.63) is 18.6 Å². The first-order valence-corrected chi connectivity index (χ1v) is 5.40. The summed E-state index contributed by atoms with van der Waals surface area (Å²) >= 11 is 5.31. The van der Waals surface area contributed by atoms with Crippen molar-refractivity contribution in [2.45, 2.75) is 5.03 Å². The molecule has 0 aliphatic carbocycles. The Morgan fingerprint density at radius 1 is 1.42 bits per heavy atom. The van der Waals surface area contributed by atoms with Gasteiger partial charge in [0.25, 0.3) is 0 Å². The molecule has 0 fully saturated rings. The second-order valence-corrected chi connectivity index (χ2v) is 4.49. The lowest BCUT2D eigenvalue weighted by Crippen LogP contribution is -2.09. The van der Waals surface area contributed by atoms with Gasteiger partial charge in [-0.1, -0.05) is 0 Å². The van der Waals surface area contributed by atoms with Crippen molar-refractivity contribution in [1.29, 1.82) is 0 Å². The topological polar surface area (TPSA) is 59.9 Å². The van der Waals surface area contributed by atoms with Crippen LogP contribution in [0.15, 0.2) is 23.6 Å². The molecule has 1 heterocycles. The van der Waals surface area contributed by atoms with E-state index >= 15 is 0 Å². The van der Waals surface area contributed by atoms with Crippen LogP contribution in [0, 0.1) is 0 Å². The van der Waals surface area contributed by atoms with Crippen LogP contribution in [0.3, 0.4) is 0 Å². The minimum absolute atomic E-state index is 0.0225. The number of nitrogens with zero attached hydrogens (tertiary/aromatic N) is 2. The average Bonchev–Trinajstić information content (AvgIpc) is 2.06. The van der Waals surface area contributed by atoms with Gasteiger partial charge in [0.2, 0.25) is 0 Å². The number of rotatable bonds is 3. The smallest absolute Gasteiger partial charge is 0.198 e. The summed E-state index contributed by atoms with van der Waals surface area (Å²) in [5, 5.41) is -0.0225. The number of sulfone groups is 1. The summed E-state index contributed by atoms with van der Waals surface area (Å²) < 4.78 is 22.5. The van der Waals surface area contributed by atoms with Crippen LogP contribution in [0.4, 0.5) is 0 Å². The van der Waals surface area contributed by atoms with Crippen LogP contribution in [0.25, 0.3) is 0 Å². The third-order valence-electron chi connectivity index (χ3n) is 1.20. The van der Waals surface area contributed by atoms with E-state index in [1.807, 2.05) is 0 Å². The maximum atomic E-state index is 11.2. The van der Waals surface area contributed by atoms with Crippen molar-refractivity contribution < 1.29 is 8.42 Å². The first-order chi connectivity index (χ1) is 5.67. The summed E-state index contributed by atoms with van der Waals surface area (Å²) in [6.45, 7) is 0. The highest BCUT2D eigenvalue weighted by Crippen LogP contribution is 2.04. The van der Waals surface area contributed by atoms with Crippen molar-refractivity contribution in [2.75, 3.05) is 11.6 Å². The summed E-state index contributed by atoms with van der Waals surface area (Å²) in [6.07, 6.45) is 3.96. The molecule has 0 aliphatic rings. The van der Waals surface area contributed by atoms with Gasteiger partial charge >= 0.3 is 0 Å². The fourth-order valence-corrected chi connectivity index (χ4v) is 2.12. The molecule has 0 aliphatic heterocycles. The Kier molecular flexibility index (Phi) is 2.99. The lowest BCUT2D eigenvalue weighted by atomic mass is 10.8. The molecular formula is C6H7ClN2O2S. The first-order valence-electron chi connectivity index (χ1n) is 3.21. The third kappa shape index (κ3) is 2.15. The molecule has 0 aromatic carbocycles. The van der Waals surface area contributed by atoms with E-state index in [4.69, 9.17) is 11.6 Å². The van der Waals surface area contributed by atoms with E-state index in [-0.39, 0.29) is 16.7 Å². The molecule has 0 N–H and O–H groups in total. The third-order valence-corrected chi connectivity index (χ3v) is 3.21. The SMILES string of the molecule is O=S(=O)(CCCl)c1cnccn1. The summed E-state index contributed by atoms with van der Waals surface area (Å²) in [7, 11) is -3.32. The molecule has 1 aromatic rings. The lowest BCUT2D eigenvalue weighted by Gasteiger charge is -1.98. The van der Waals surface area contributed by atoms with Crippen LogP contribution in [0.2, 0.25) is 0 Å². The second kappa shape index (κ2) is 3.82. The standard InChI is InChI=1S/C6H7ClN2O2S/c7-1-4-12(10,11)6-5-8-2-3-9-6/h2-3,5H,1,4H2. The van der Waals surface area contributed by atoms with E-state index in [9.17, 15) is 8.42 Å². The summed E-state index contributed by atoms with van der Waals surface area (Å²) in [5.41, 5.74) is 0. The van der Waals surface area contributed by atoms with Crippen molar-refractivity contribution in [1.82, 2.24) is 9.97 Å². The largest absolute Gasteiger partial charge is 0.260 e. The van der Waals surface area contributed by atoms with Gasteiger partial charge in [-0.05, 0) is 0 Å². The average molecular weight is 207 g/mol. The Bertz CT molecular complexity index is 338. The Morgan fingerprint density at radius 3 is 2.67 bits per heavy atom. The highest BCUT2D eigenvalue weighted by Gasteiger charge is 2.14. The molecule has 0 saturated heterocycles. The monoisotopic (exact) mass is 206 g/mol. The molecule has 4 nitrogen and oxygen atoms in total. The predicted molar refractivity (Wildman–Crippen MR) is 44.8 cm³/mol. The molecule has 6 heteroatoms. The molecular weight excluding hydrogens is 200 g/mol. The molecule has 0 atom stereocenters. The van der Waals surface area contributed by atoms with Crippen molar-refractivity contribution in [3.63, 3.8) is 0 Å². The molecule has 0 bridgehead atoms. The number of hydrogen-bond acceptors (Lipinski definition) is 4. The molecule has 1 aromatic heterocycles. The Labute approximate surface area is 75.5 Å². The lowest BCUT2D eigenvalue weighted by molar-refractivity contribution is 0.593. The van der Waals surface area contributed by atoms with E-state index in [0.717, 1.165) is 0 Å². The molecule has 0 saturated carbocycles. The maximum Gasteiger partial charge on any atom is 0.198 e. The fourth-order valence-electron chi connectivity index (χ4n) is 0.652. The predicted octanol–water partition coefficient (Wildman–Crippen LogP) is 0.489. The molecule has 0 radical (unpaired) electrons. The molecule has 0 spiro atoms. The summed E-state index contributed by atoms with van der Waals surface area (Å²) in [5.74, 6) is -0.0356. The van der Waals surface area contributed by atoms with Gasteiger partial charge in [0.05, 0.1) is 11.9 Å². The molecule has 0 amide bonds. The van der Waals surface area contributed by atoms with Crippen molar-refractivity contribution in [3.8, 4) is 0 Å². The number of halogens is 1. The van der Waals surface area contributed by atoms with Crippen LogP contribution in [-0.4, -0.2) is 30.0 Å². The fraction of sp³-hybridized carbons (Fsp3) is 0.333. The number of aromatic nitrogens is 2. The van der Waals surface area contributed by atoms with Gasteiger partial charge in [0.1, 0.15) is 0 Å². The number of alkyl halides is 1. The van der Waals surface area contributed by atoms with Gasteiger partial charge < -0.3 is 0 Å². The van der Waals surface area contributed by atoms with E-state index in [1.54, 1.807) is 0 Å². The van der Waals surface area contributed by atoms with Gasteiger partial charge in [-0.15, -0.1) is 11.6 Å². The molecule has 66 valence electrons. The normalized spacial score (nSPS) is 11.4. The van der Waals surface area contributed by atoms with Crippen molar-refractivity contribution >= 4 is 21.4 Å². The minimum Gasteiger partial charge on any atom is -0.260 e. The van der Waals surface area contributed by atoms with Crippen LogP contribution in [-0.2, 0) is 9.84 Å². The zero-order chi connectivity index (χ0) is 9.03. The van der Waals surface area contributed by atoms with Gasteiger partial charge in [0.15, 0.2) is 14.9 Å². The quantitative estimate of drug-likeness (QED) is 0.676. The van der Waals surface area contributed by atoms with E-state index < -0.39 is 9.84 Å². The van der Waals surface area contributed by atoms with Crippen LogP contribution in [0.5, 0.6) is 0 Å². The van der Waals surface area contributed by atoms with Crippen LogP contribution in [0.1, 0.15) is 0 Å². The van der Waals surface area contributed by atoms with Gasteiger partial charge in [0, 0.05) is 18.3 Å². The molecule has 0 unspecified atom stereocenters. The Hall–Kier alpha value is -0.680. The summed E-state index contributed by atoms with van der Waals surface area (Å²) in [6, 6.07) is 0. The van der Waals surface area contributed by atoms with Crippen molar-refractivity contribution in [2.24, 2.45) is 0 Å². The highest BCUT2D eigenvalue weighted by atomic mass is 35.5. The Balaban J connectivity index is 2.99. The molecule has 12 heavy (non-hydrogen) atoms.